The molecule has 19 heavy (non-hydrogen) atoms. The molecule has 4 rings (SSSR count). The SMILES string of the molecule is c1ccc2scnc2c1.c1cnsc1.c1cscn1. The molecule has 4 aromatic rings. The van der Waals surface area contributed by atoms with Gasteiger partial charge < -0.3 is 0 Å². The molecule has 0 N–H and O–H groups in total. The van der Waals surface area contributed by atoms with Crippen LogP contribution in [0.4, 0.5) is 0 Å². The third-order valence-electron chi connectivity index (χ3n) is 1.93. The maximum Gasteiger partial charge on any atom is 0.0812 e. The van der Waals surface area contributed by atoms with Gasteiger partial charge in [0, 0.05) is 23.2 Å². The van der Waals surface area contributed by atoms with Gasteiger partial charge in [-0.2, -0.15) is 0 Å². The molecule has 3 aromatic heterocycles. The van der Waals surface area contributed by atoms with Gasteiger partial charge in [-0.3, -0.25) is 4.98 Å². The summed E-state index contributed by atoms with van der Waals surface area (Å²) in [5.74, 6) is 0. The van der Waals surface area contributed by atoms with Crippen LogP contribution in [0, 0.1) is 0 Å². The van der Waals surface area contributed by atoms with Crippen molar-refractivity contribution >= 4 is 44.4 Å². The monoisotopic (exact) mass is 305 g/mol. The zero-order chi connectivity index (χ0) is 13.2. The van der Waals surface area contributed by atoms with Crippen molar-refractivity contribution in [2.75, 3.05) is 0 Å². The molecule has 0 atom stereocenters. The van der Waals surface area contributed by atoms with Gasteiger partial charge in [-0.05, 0) is 29.7 Å². The topological polar surface area (TPSA) is 38.7 Å². The summed E-state index contributed by atoms with van der Waals surface area (Å²) < 4.78 is 5.03. The van der Waals surface area contributed by atoms with E-state index in [9.17, 15) is 0 Å². The Morgan fingerprint density at radius 2 is 1.84 bits per heavy atom. The Morgan fingerprint density at radius 3 is 2.37 bits per heavy atom. The van der Waals surface area contributed by atoms with Gasteiger partial charge in [-0.25, -0.2) is 9.36 Å². The molecular weight excluding hydrogens is 294 g/mol. The predicted molar refractivity (Wildman–Crippen MR) is 83.8 cm³/mol. The zero-order valence-electron chi connectivity index (χ0n) is 9.92. The molecule has 1 aromatic carbocycles. The summed E-state index contributed by atoms with van der Waals surface area (Å²) in [5.41, 5.74) is 4.76. The number of hydrogen-bond acceptors (Lipinski definition) is 6. The van der Waals surface area contributed by atoms with Crippen LogP contribution in [0.15, 0.2) is 64.5 Å². The zero-order valence-corrected chi connectivity index (χ0v) is 12.4. The highest BCUT2D eigenvalue weighted by atomic mass is 32.1. The lowest BCUT2D eigenvalue weighted by atomic mass is 10.3. The average molecular weight is 305 g/mol. The Labute approximate surface area is 123 Å². The molecular formula is C13H11N3S3. The minimum atomic E-state index is 1.10. The standard InChI is InChI=1S/C7H5NS.2C3H3NS/c1-2-4-7-6(3-1)8-5-9-7;1-2-5-3-4-1;1-2-4-5-3-1/h1-5H;2*1-3H. The third-order valence-corrected chi connectivity index (χ3v) is 3.79. The van der Waals surface area contributed by atoms with E-state index < -0.39 is 0 Å². The molecule has 0 saturated carbocycles. The van der Waals surface area contributed by atoms with Crippen molar-refractivity contribution in [1.29, 1.82) is 0 Å². The fraction of sp³-hybridized carbons (Fsp3) is 0. The second kappa shape index (κ2) is 8.47. The maximum atomic E-state index is 4.14. The highest BCUT2D eigenvalue weighted by Gasteiger charge is 1.89. The molecule has 0 fully saturated rings. The van der Waals surface area contributed by atoms with E-state index in [4.69, 9.17) is 0 Å². The molecule has 96 valence electrons. The van der Waals surface area contributed by atoms with Gasteiger partial charge in [-0.15, -0.1) is 22.7 Å². The lowest BCUT2D eigenvalue weighted by Gasteiger charge is -1.80. The summed E-state index contributed by atoms with van der Waals surface area (Å²) >= 11 is 4.74. The highest BCUT2D eigenvalue weighted by molar-refractivity contribution is 7.16. The Kier molecular flexibility index (Phi) is 6.15. The van der Waals surface area contributed by atoms with Crippen molar-refractivity contribution < 1.29 is 0 Å². The van der Waals surface area contributed by atoms with Crippen LogP contribution in [0.2, 0.25) is 0 Å². The number of para-hydroxylation sites is 1. The summed E-state index contributed by atoms with van der Waals surface area (Å²) in [6, 6.07) is 10.0. The lowest BCUT2D eigenvalue weighted by Crippen LogP contribution is -1.61. The number of hydrogen-bond donors (Lipinski definition) is 0. The van der Waals surface area contributed by atoms with Crippen LogP contribution < -0.4 is 0 Å². The van der Waals surface area contributed by atoms with Gasteiger partial charge in [0.05, 0.1) is 21.2 Å². The van der Waals surface area contributed by atoms with Gasteiger partial charge in [0.15, 0.2) is 0 Å². The number of nitrogens with zero attached hydrogens (tertiary/aromatic N) is 3. The van der Waals surface area contributed by atoms with Crippen molar-refractivity contribution in [3.8, 4) is 0 Å². The number of aromatic nitrogens is 3. The minimum absolute atomic E-state index is 1.10. The summed E-state index contributed by atoms with van der Waals surface area (Å²) in [5, 5.41) is 3.86. The number of thiazole rings is 2. The van der Waals surface area contributed by atoms with Gasteiger partial charge >= 0.3 is 0 Å². The van der Waals surface area contributed by atoms with Crippen LogP contribution in [-0.2, 0) is 0 Å². The fourth-order valence-corrected chi connectivity index (χ4v) is 2.54. The Bertz CT molecular complexity index is 554. The molecule has 0 spiro atoms. The van der Waals surface area contributed by atoms with E-state index in [1.807, 2.05) is 40.5 Å². The predicted octanol–water partition coefficient (Wildman–Crippen LogP) is 4.58. The van der Waals surface area contributed by atoms with Crippen LogP contribution >= 0.6 is 34.2 Å². The summed E-state index contributed by atoms with van der Waals surface area (Å²) in [6.45, 7) is 0. The molecule has 0 unspecified atom stereocenters. The maximum absolute atomic E-state index is 4.14. The number of rotatable bonds is 0. The number of fused-ring (bicyclic) bond motifs is 1. The lowest BCUT2D eigenvalue weighted by molar-refractivity contribution is 1.43. The van der Waals surface area contributed by atoms with Gasteiger partial charge in [0.1, 0.15) is 0 Å². The van der Waals surface area contributed by atoms with E-state index in [1.165, 1.54) is 16.2 Å². The van der Waals surface area contributed by atoms with E-state index in [0.717, 1.165) is 5.52 Å². The Balaban J connectivity index is 0.000000114. The van der Waals surface area contributed by atoms with Crippen molar-refractivity contribution in [3.05, 3.63) is 64.5 Å². The quantitative estimate of drug-likeness (QED) is 0.477. The smallest absolute Gasteiger partial charge is 0.0812 e. The van der Waals surface area contributed by atoms with Crippen LogP contribution in [0.25, 0.3) is 10.2 Å². The average Bonchev–Trinajstić information content (AvgIpc) is 3.22. The number of benzene rings is 1. The molecule has 0 saturated heterocycles. The molecule has 0 radical (unpaired) electrons. The van der Waals surface area contributed by atoms with Gasteiger partial charge in [0.2, 0.25) is 0 Å². The van der Waals surface area contributed by atoms with Crippen molar-refractivity contribution in [1.82, 2.24) is 14.3 Å². The van der Waals surface area contributed by atoms with Crippen molar-refractivity contribution in [2.45, 2.75) is 0 Å². The first-order valence-electron chi connectivity index (χ1n) is 5.41. The van der Waals surface area contributed by atoms with Gasteiger partial charge in [-0.1, -0.05) is 12.1 Å². The molecule has 3 nitrogen and oxygen atoms in total. The van der Waals surface area contributed by atoms with E-state index in [2.05, 4.69) is 20.4 Å². The third kappa shape index (κ3) is 5.25. The van der Waals surface area contributed by atoms with Crippen molar-refractivity contribution in [2.24, 2.45) is 0 Å². The molecule has 6 heteroatoms. The first kappa shape index (κ1) is 13.8. The van der Waals surface area contributed by atoms with Crippen molar-refractivity contribution in [3.63, 3.8) is 0 Å². The van der Waals surface area contributed by atoms with E-state index in [1.54, 1.807) is 40.6 Å². The van der Waals surface area contributed by atoms with E-state index in [-0.39, 0.29) is 0 Å². The van der Waals surface area contributed by atoms with E-state index >= 15 is 0 Å². The second-order valence-corrected chi connectivity index (χ2v) is 5.52. The highest BCUT2D eigenvalue weighted by Crippen LogP contribution is 2.15. The largest absolute Gasteiger partial charge is 0.253 e. The van der Waals surface area contributed by atoms with Crippen LogP contribution in [-0.4, -0.2) is 14.3 Å². The normalized spacial score (nSPS) is 9.05. The molecule has 0 aliphatic carbocycles. The van der Waals surface area contributed by atoms with E-state index in [0.29, 0.717) is 0 Å². The molecule has 3 heterocycles. The molecule has 0 amide bonds. The molecule has 0 bridgehead atoms. The molecule has 0 aliphatic heterocycles. The Morgan fingerprint density at radius 1 is 0.895 bits per heavy atom. The summed E-state index contributed by atoms with van der Waals surface area (Å²) in [6.07, 6.45) is 3.54. The second-order valence-electron chi connectivity index (χ2n) is 3.18. The minimum Gasteiger partial charge on any atom is -0.253 e. The van der Waals surface area contributed by atoms with Crippen LogP contribution in [0.1, 0.15) is 0 Å². The van der Waals surface area contributed by atoms with Gasteiger partial charge in [0.25, 0.3) is 0 Å². The molecule has 0 aliphatic rings. The summed E-state index contributed by atoms with van der Waals surface area (Å²) in [7, 11) is 0. The van der Waals surface area contributed by atoms with Crippen LogP contribution in [0.5, 0.6) is 0 Å². The van der Waals surface area contributed by atoms with Crippen LogP contribution in [0.3, 0.4) is 0 Å². The first-order valence-corrected chi connectivity index (χ1v) is 8.07. The first-order chi connectivity index (χ1) is 9.47. The summed E-state index contributed by atoms with van der Waals surface area (Å²) in [4.78, 5) is 7.88. The Hall–Kier alpha value is -1.63. The fourth-order valence-electron chi connectivity index (χ4n) is 1.15.